The Hall–Kier alpha value is -3.35. The van der Waals surface area contributed by atoms with E-state index in [-0.39, 0.29) is 5.91 Å². The van der Waals surface area contributed by atoms with Gasteiger partial charge in [-0.1, -0.05) is 31.0 Å². The molecule has 1 N–H and O–H groups in total. The molecule has 0 spiro atoms. The molecule has 2 aromatic carbocycles. The van der Waals surface area contributed by atoms with Gasteiger partial charge in [0.1, 0.15) is 0 Å². The monoisotopic (exact) mass is 479 g/mol. The Morgan fingerprint density at radius 1 is 1.09 bits per heavy atom. The predicted octanol–water partition coefficient (Wildman–Crippen LogP) is 7.07. The van der Waals surface area contributed by atoms with Gasteiger partial charge in [-0.15, -0.1) is 0 Å². The van der Waals surface area contributed by atoms with Crippen LogP contribution in [0.5, 0.6) is 0 Å². The minimum Gasteiger partial charge on any atom is -0.371 e. The summed E-state index contributed by atoms with van der Waals surface area (Å²) in [4.78, 5) is 19.4. The highest BCUT2D eigenvalue weighted by Gasteiger charge is 2.33. The van der Waals surface area contributed by atoms with Crippen molar-refractivity contribution in [2.24, 2.45) is 5.92 Å². The summed E-state index contributed by atoms with van der Waals surface area (Å²) in [5.41, 5.74) is 2.81. The number of carbonyl (C=O) groups is 1. The largest absolute Gasteiger partial charge is 0.416 e. The molecule has 0 radical (unpaired) electrons. The van der Waals surface area contributed by atoms with E-state index in [9.17, 15) is 18.0 Å². The Morgan fingerprint density at radius 3 is 2.71 bits per heavy atom. The third kappa shape index (κ3) is 5.34. The van der Waals surface area contributed by atoms with Crippen LogP contribution in [0.25, 0.3) is 16.5 Å². The number of aromatic nitrogens is 1. The Kier molecular flexibility index (Phi) is 6.50. The Balaban J connectivity index is 1.44. The number of anilines is 2. The standard InChI is InChI=1S/C28H28F3N3O/c29-28(30,31)22-10-12-24-21(8-4-14-34(26(24)16-22)18-19-5-1-2-6-19)15-27(35)33-23-11-9-20-7-3-13-32-25(20)17-23/h3,7,9-13,15-17,19H,1-2,4-6,8,14,18H2,(H,33,35). The number of nitrogens with zero attached hydrogens (tertiary/aromatic N) is 2. The Morgan fingerprint density at radius 2 is 1.91 bits per heavy atom. The number of amides is 1. The average molecular weight is 480 g/mol. The number of benzene rings is 2. The number of fused-ring (bicyclic) bond motifs is 2. The summed E-state index contributed by atoms with van der Waals surface area (Å²) in [6.07, 6.45) is 4.85. The topological polar surface area (TPSA) is 45.2 Å². The quantitative estimate of drug-likeness (QED) is 0.407. The summed E-state index contributed by atoms with van der Waals surface area (Å²) in [7, 11) is 0. The normalized spacial score (nSPS) is 18.0. The first-order valence-corrected chi connectivity index (χ1v) is 12.2. The highest BCUT2D eigenvalue weighted by Crippen LogP contribution is 2.40. The first-order chi connectivity index (χ1) is 16.9. The number of hydrogen-bond donors (Lipinski definition) is 1. The average Bonchev–Trinajstić information content (AvgIpc) is 3.29. The number of nitrogens with one attached hydrogen (secondary N) is 1. The van der Waals surface area contributed by atoms with Gasteiger partial charge in [0.15, 0.2) is 0 Å². The van der Waals surface area contributed by atoms with Crippen LogP contribution in [0.15, 0.2) is 60.8 Å². The van der Waals surface area contributed by atoms with Gasteiger partial charge in [0, 0.05) is 47.7 Å². The maximum Gasteiger partial charge on any atom is 0.416 e. The van der Waals surface area contributed by atoms with Crippen LogP contribution in [-0.2, 0) is 11.0 Å². The molecule has 5 rings (SSSR count). The van der Waals surface area contributed by atoms with Crippen LogP contribution in [0.4, 0.5) is 24.5 Å². The molecule has 2 aliphatic rings. The first-order valence-electron chi connectivity index (χ1n) is 12.2. The van der Waals surface area contributed by atoms with Crippen molar-refractivity contribution in [3.8, 4) is 0 Å². The number of hydrogen-bond acceptors (Lipinski definition) is 3. The summed E-state index contributed by atoms with van der Waals surface area (Å²) < 4.78 is 40.6. The number of allylic oxidation sites excluding steroid dienone is 1. The molecule has 35 heavy (non-hydrogen) atoms. The SMILES string of the molecule is O=C(C=C1CCCN(CC2CCCC2)c2cc(C(F)(F)F)ccc21)Nc1ccc2cccnc2c1. The second-order valence-electron chi connectivity index (χ2n) is 9.50. The van der Waals surface area contributed by atoms with Gasteiger partial charge in [0.25, 0.3) is 0 Å². The number of carbonyl (C=O) groups excluding carboxylic acids is 1. The molecule has 3 aromatic rings. The smallest absolute Gasteiger partial charge is 0.371 e. The molecule has 0 bridgehead atoms. The molecule has 182 valence electrons. The van der Waals surface area contributed by atoms with E-state index in [0.717, 1.165) is 48.3 Å². The van der Waals surface area contributed by atoms with Gasteiger partial charge in [-0.3, -0.25) is 9.78 Å². The van der Waals surface area contributed by atoms with Crippen LogP contribution in [0.2, 0.25) is 0 Å². The summed E-state index contributed by atoms with van der Waals surface area (Å²) in [5, 5.41) is 3.87. The molecule has 0 saturated heterocycles. The molecule has 1 aliphatic carbocycles. The highest BCUT2D eigenvalue weighted by atomic mass is 19.4. The van der Waals surface area contributed by atoms with E-state index in [2.05, 4.69) is 15.2 Å². The van der Waals surface area contributed by atoms with Gasteiger partial charge in [-0.05, 0) is 67.5 Å². The van der Waals surface area contributed by atoms with Crippen LogP contribution < -0.4 is 10.2 Å². The molecular weight excluding hydrogens is 451 g/mol. The van der Waals surface area contributed by atoms with E-state index in [1.54, 1.807) is 6.20 Å². The fourth-order valence-corrected chi connectivity index (χ4v) is 5.28. The van der Waals surface area contributed by atoms with Gasteiger partial charge >= 0.3 is 6.18 Å². The molecule has 1 amide bonds. The van der Waals surface area contributed by atoms with Gasteiger partial charge in [-0.25, -0.2) is 0 Å². The van der Waals surface area contributed by atoms with Crippen LogP contribution in [-0.4, -0.2) is 24.0 Å². The van der Waals surface area contributed by atoms with Crippen molar-refractivity contribution in [2.75, 3.05) is 23.3 Å². The fourth-order valence-electron chi connectivity index (χ4n) is 5.28. The minimum atomic E-state index is -4.41. The first kappa shape index (κ1) is 23.4. The number of pyridine rings is 1. The van der Waals surface area contributed by atoms with Crippen LogP contribution in [0.3, 0.4) is 0 Å². The van der Waals surface area contributed by atoms with E-state index in [1.807, 2.05) is 30.3 Å². The minimum absolute atomic E-state index is 0.301. The van der Waals surface area contributed by atoms with E-state index >= 15 is 0 Å². The van der Waals surface area contributed by atoms with Crippen molar-refractivity contribution < 1.29 is 18.0 Å². The summed E-state index contributed by atoms with van der Waals surface area (Å²) >= 11 is 0. The number of alkyl halides is 3. The molecule has 1 aromatic heterocycles. The summed E-state index contributed by atoms with van der Waals surface area (Å²) in [6.45, 7) is 1.44. The Labute approximate surface area is 202 Å². The Bertz CT molecular complexity index is 1260. The van der Waals surface area contributed by atoms with Crippen molar-refractivity contribution in [1.82, 2.24) is 4.98 Å². The lowest BCUT2D eigenvalue weighted by atomic mass is 9.98. The van der Waals surface area contributed by atoms with E-state index in [4.69, 9.17) is 0 Å². The zero-order chi connectivity index (χ0) is 24.4. The number of halogens is 3. The molecule has 1 aliphatic heterocycles. The van der Waals surface area contributed by atoms with Crippen molar-refractivity contribution >= 4 is 33.8 Å². The molecular formula is C28H28F3N3O. The van der Waals surface area contributed by atoms with Gasteiger partial charge in [0.05, 0.1) is 11.1 Å². The third-order valence-electron chi connectivity index (χ3n) is 7.02. The zero-order valence-corrected chi connectivity index (χ0v) is 19.4. The lowest BCUT2D eigenvalue weighted by Crippen LogP contribution is -2.29. The summed E-state index contributed by atoms with van der Waals surface area (Å²) in [6, 6.07) is 13.2. The molecule has 7 heteroatoms. The van der Waals surface area contributed by atoms with Crippen molar-refractivity contribution in [3.05, 3.63) is 71.9 Å². The molecule has 0 unspecified atom stereocenters. The second kappa shape index (κ2) is 9.72. The van der Waals surface area contributed by atoms with Crippen LogP contribution >= 0.6 is 0 Å². The van der Waals surface area contributed by atoms with E-state index in [1.165, 1.54) is 31.1 Å². The lowest BCUT2D eigenvalue weighted by Gasteiger charge is -2.28. The molecule has 0 atom stereocenters. The molecule has 4 nitrogen and oxygen atoms in total. The zero-order valence-electron chi connectivity index (χ0n) is 19.4. The maximum absolute atomic E-state index is 13.5. The maximum atomic E-state index is 13.5. The van der Waals surface area contributed by atoms with Crippen LogP contribution in [0, 0.1) is 5.92 Å². The molecule has 1 fully saturated rings. The van der Waals surface area contributed by atoms with Crippen molar-refractivity contribution in [3.63, 3.8) is 0 Å². The van der Waals surface area contributed by atoms with Gasteiger partial charge in [0.2, 0.25) is 5.91 Å². The van der Waals surface area contributed by atoms with Crippen molar-refractivity contribution in [1.29, 1.82) is 0 Å². The third-order valence-corrected chi connectivity index (χ3v) is 7.02. The van der Waals surface area contributed by atoms with Gasteiger partial charge < -0.3 is 10.2 Å². The summed E-state index contributed by atoms with van der Waals surface area (Å²) in [5.74, 6) is 0.207. The predicted molar refractivity (Wildman–Crippen MR) is 133 cm³/mol. The van der Waals surface area contributed by atoms with Crippen LogP contribution in [0.1, 0.15) is 49.7 Å². The van der Waals surface area contributed by atoms with Gasteiger partial charge in [-0.2, -0.15) is 13.2 Å². The number of rotatable bonds is 4. The lowest BCUT2D eigenvalue weighted by molar-refractivity contribution is -0.137. The van der Waals surface area contributed by atoms with Crippen molar-refractivity contribution in [2.45, 2.75) is 44.7 Å². The fraction of sp³-hybridized carbons (Fsp3) is 0.357. The second-order valence-corrected chi connectivity index (χ2v) is 9.50. The van der Waals surface area contributed by atoms with E-state index < -0.39 is 11.7 Å². The highest BCUT2D eigenvalue weighted by molar-refractivity contribution is 6.05. The van der Waals surface area contributed by atoms with E-state index in [0.29, 0.717) is 35.8 Å². The molecule has 2 heterocycles. The molecule has 1 saturated carbocycles.